The molecule has 2 aromatic carbocycles. The molecular formula is C26H18F2N4O. The molecule has 5 nitrogen and oxygen atoms in total. The Kier molecular flexibility index (Phi) is 4.94. The van der Waals surface area contributed by atoms with E-state index in [9.17, 15) is 13.6 Å². The summed E-state index contributed by atoms with van der Waals surface area (Å²) in [5, 5.41) is 0. The van der Waals surface area contributed by atoms with Gasteiger partial charge in [-0.05, 0) is 65.7 Å². The Hall–Kier alpha value is -4.39. The van der Waals surface area contributed by atoms with E-state index < -0.39 is 5.91 Å². The van der Waals surface area contributed by atoms with Crippen molar-refractivity contribution in [3.8, 4) is 33.5 Å². The van der Waals surface area contributed by atoms with Crippen LogP contribution in [0.4, 0.5) is 8.78 Å². The highest BCUT2D eigenvalue weighted by Crippen LogP contribution is 2.43. The van der Waals surface area contributed by atoms with Gasteiger partial charge in [-0.2, -0.15) is 0 Å². The van der Waals surface area contributed by atoms with Gasteiger partial charge < -0.3 is 10.3 Å². The summed E-state index contributed by atoms with van der Waals surface area (Å²) in [6.07, 6.45) is 3.34. The third-order valence-corrected chi connectivity index (χ3v) is 5.64. The number of hydrogen-bond donors (Lipinski definition) is 1. The monoisotopic (exact) mass is 440 g/mol. The quantitative estimate of drug-likeness (QED) is 0.410. The lowest BCUT2D eigenvalue weighted by Crippen LogP contribution is -2.15. The Morgan fingerprint density at radius 3 is 1.94 bits per heavy atom. The molecule has 2 N–H and O–H groups in total. The molecule has 5 rings (SSSR count). The van der Waals surface area contributed by atoms with Crippen LogP contribution < -0.4 is 5.73 Å². The summed E-state index contributed by atoms with van der Waals surface area (Å²) in [7, 11) is 1.74. The molecule has 0 bridgehead atoms. The fourth-order valence-corrected chi connectivity index (χ4v) is 4.13. The first-order valence-corrected chi connectivity index (χ1v) is 10.2. The summed E-state index contributed by atoms with van der Waals surface area (Å²) < 4.78 is 29.2. The number of carbonyl (C=O) groups is 1. The number of pyridine rings is 2. The molecule has 0 aliphatic carbocycles. The van der Waals surface area contributed by atoms with Gasteiger partial charge in [-0.3, -0.25) is 9.78 Å². The standard InChI is InChI=1S/C26H18F2N4O/c1-32-21(26(29)33)14-20-25(32)23(15-2-6-18(27)7-3-15)22(16-10-12-30-13-11-16)24(31-20)17-4-8-19(28)9-5-17/h2-14H,1H3,(H2,29,33). The van der Waals surface area contributed by atoms with Gasteiger partial charge in [-0.1, -0.05) is 12.1 Å². The summed E-state index contributed by atoms with van der Waals surface area (Å²) in [6.45, 7) is 0. The molecular weight excluding hydrogens is 422 g/mol. The number of carbonyl (C=O) groups excluding carboxylic acids is 1. The molecule has 0 saturated heterocycles. The van der Waals surface area contributed by atoms with Crippen molar-refractivity contribution in [3.05, 3.63) is 96.5 Å². The van der Waals surface area contributed by atoms with E-state index in [0.29, 0.717) is 22.3 Å². The molecule has 0 aliphatic rings. The number of primary amides is 1. The van der Waals surface area contributed by atoms with Crippen molar-refractivity contribution in [1.82, 2.24) is 14.5 Å². The average Bonchev–Trinajstić information content (AvgIpc) is 3.16. The van der Waals surface area contributed by atoms with E-state index in [1.165, 1.54) is 24.3 Å². The first-order chi connectivity index (χ1) is 15.9. The summed E-state index contributed by atoms with van der Waals surface area (Å²) >= 11 is 0. The normalized spacial score (nSPS) is 11.1. The maximum Gasteiger partial charge on any atom is 0.265 e. The molecule has 162 valence electrons. The van der Waals surface area contributed by atoms with Crippen LogP contribution in [0.15, 0.2) is 79.1 Å². The molecule has 0 spiro atoms. The predicted octanol–water partition coefficient (Wildman–Crippen LogP) is 5.35. The van der Waals surface area contributed by atoms with Gasteiger partial charge in [0.2, 0.25) is 0 Å². The molecule has 33 heavy (non-hydrogen) atoms. The number of hydrogen-bond acceptors (Lipinski definition) is 3. The highest BCUT2D eigenvalue weighted by Gasteiger charge is 2.24. The van der Waals surface area contributed by atoms with E-state index in [2.05, 4.69) is 4.98 Å². The SMILES string of the molecule is Cn1c(C(N)=O)cc2nc(-c3ccc(F)cc3)c(-c3ccncc3)c(-c3ccc(F)cc3)c21. The molecule has 0 aliphatic heterocycles. The van der Waals surface area contributed by atoms with E-state index in [1.54, 1.807) is 54.3 Å². The van der Waals surface area contributed by atoms with Crippen molar-refractivity contribution in [2.75, 3.05) is 0 Å². The van der Waals surface area contributed by atoms with Crippen LogP contribution in [0, 0.1) is 11.6 Å². The lowest BCUT2D eigenvalue weighted by Gasteiger charge is -2.18. The Balaban J connectivity index is 1.99. The van der Waals surface area contributed by atoms with E-state index in [-0.39, 0.29) is 17.3 Å². The Labute approximate surface area is 188 Å². The summed E-state index contributed by atoms with van der Waals surface area (Å²) in [5.74, 6) is -1.31. The van der Waals surface area contributed by atoms with Gasteiger partial charge in [-0.15, -0.1) is 0 Å². The molecule has 5 aromatic rings. The zero-order valence-electron chi connectivity index (χ0n) is 17.6. The van der Waals surface area contributed by atoms with Crippen LogP contribution in [-0.4, -0.2) is 20.4 Å². The first kappa shape index (κ1) is 20.5. The van der Waals surface area contributed by atoms with Gasteiger partial charge in [0.15, 0.2) is 0 Å². The number of amides is 1. The predicted molar refractivity (Wildman–Crippen MR) is 123 cm³/mol. The van der Waals surface area contributed by atoms with Gasteiger partial charge in [0.05, 0.1) is 16.7 Å². The number of aromatic nitrogens is 3. The maximum atomic E-state index is 13.8. The van der Waals surface area contributed by atoms with Crippen LogP contribution in [0.25, 0.3) is 44.5 Å². The number of halogens is 2. The minimum Gasteiger partial charge on any atom is -0.364 e. The van der Waals surface area contributed by atoms with Crippen molar-refractivity contribution in [2.24, 2.45) is 12.8 Å². The largest absolute Gasteiger partial charge is 0.364 e. The molecule has 1 amide bonds. The average molecular weight is 440 g/mol. The van der Waals surface area contributed by atoms with Crippen LogP contribution in [0.3, 0.4) is 0 Å². The topological polar surface area (TPSA) is 73.8 Å². The summed E-state index contributed by atoms with van der Waals surface area (Å²) in [5.41, 5.74) is 11.5. The van der Waals surface area contributed by atoms with Crippen molar-refractivity contribution in [1.29, 1.82) is 0 Å². The minimum absolute atomic E-state index is 0.290. The van der Waals surface area contributed by atoms with Crippen molar-refractivity contribution in [2.45, 2.75) is 0 Å². The summed E-state index contributed by atoms with van der Waals surface area (Å²) in [4.78, 5) is 21.1. The highest BCUT2D eigenvalue weighted by molar-refractivity contribution is 6.08. The Morgan fingerprint density at radius 1 is 0.818 bits per heavy atom. The molecule has 0 radical (unpaired) electrons. The van der Waals surface area contributed by atoms with Gasteiger partial charge in [0.1, 0.15) is 17.3 Å². The maximum absolute atomic E-state index is 13.8. The molecule has 0 saturated carbocycles. The number of nitrogens with zero attached hydrogens (tertiary/aromatic N) is 3. The lowest BCUT2D eigenvalue weighted by molar-refractivity contribution is 0.0993. The second-order valence-corrected chi connectivity index (χ2v) is 7.65. The zero-order valence-corrected chi connectivity index (χ0v) is 17.6. The smallest absolute Gasteiger partial charge is 0.265 e. The second kappa shape index (κ2) is 7.94. The molecule has 0 atom stereocenters. The third-order valence-electron chi connectivity index (χ3n) is 5.64. The molecule has 7 heteroatoms. The van der Waals surface area contributed by atoms with Crippen LogP contribution >= 0.6 is 0 Å². The van der Waals surface area contributed by atoms with Crippen molar-refractivity contribution in [3.63, 3.8) is 0 Å². The molecule has 3 aromatic heterocycles. The first-order valence-electron chi connectivity index (χ1n) is 10.2. The fraction of sp³-hybridized carbons (Fsp3) is 0.0385. The molecule has 0 unspecified atom stereocenters. The van der Waals surface area contributed by atoms with Crippen LogP contribution in [0.2, 0.25) is 0 Å². The number of rotatable bonds is 4. The van der Waals surface area contributed by atoms with Crippen LogP contribution in [-0.2, 0) is 7.05 Å². The van der Waals surface area contributed by atoms with E-state index in [1.807, 2.05) is 12.1 Å². The van der Waals surface area contributed by atoms with Crippen molar-refractivity contribution < 1.29 is 13.6 Å². The van der Waals surface area contributed by atoms with Gasteiger partial charge in [-0.25, -0.2) is 13.8 Å². The second-order valence-electron chi connectivity index (χ2n) is 7.65. The van der Waals surface area contributed by atoms with Crippen LogP contribution in [0.1, 0.15) is 10.5 Å². The number of benzene rings is 2. The minimum atomic E-state index is -0.589. The number of aryl methyl sites for hydroxylation is 1. The number of nitrogens with two attached hydrogens (primary N) is 1. The Morgan fingerprint density at radius 2 is 1.36 bits per heavy atom. The van der Waals surface area contributed by atoms with Gasteiger partial charge >= 0.3 is 0 Å². The molecule has 0 fully saturated rings. The molecule has 3 heterocycles. The fourth-order valence-electron chi connectivity index (χ4n) is 4.13. The zero-order chi connectivity index (χ0) is 23.1. The van der Waals surface area contributed by atoms with Gasteiger partial charge in [0.25, 0.3) is 5.91 Å². The van der Waals surface area contributed by atoms with Crippen LogP contribution in [0.5, 0.6) is 0 Å². The van der Waals surface area contributed by atoms with E-state index >= 15 is 0 Å². The van der Waals surface area contributed by atoms with E-state index in [4.69, 9.17) is 10.7 Å². The number of fused-ring (bicyclic) bond motifs is 1. The van der Waals surface area contributed by atoms with E-state index in [0.717, 1.165) is 22.3 Å². The highest BCUT2D eigenvalue weighted by atomic mass is 19.1. The lowest BCUT2D eigenvalue weighted by atomic mass is 9.90. The summed E-state index contributed by atoms with van der Waals surface area (Å²) in [6, 6.07) is 17.5. The third kappa shape index (κ3) is 3.53. The van der Waals surface area contributed by atoms with Crippen molar-refractivity contribution >= 4 is 16.9 Å². The Bertz CT molecular complexity index is 1490. The van der Waals surface area contributed by atoms with Gasteiger partial charge in [0, 0.05) is 36.1 Å².